The van der Waals surface area contributed by atoms with Crippen LogP contribution in [0.15, 0.2) is 52.6 Å². The molecule has 3 heteroatoms. The SMILES string of the molecule is CCc1cc(CC)c2sc3ccccc3c(=O)c2c1.CCc1csc(CC)c1. The first-order valence-electron chi connectivity index (χ1n) is 10.1. The first-order chi connectivity index (χ1) is 13.6. The number of aryl methyl sites for hydroxylation is 4. The highest BCUT2D eigenvalue weighted by Gasteiger charge is 2.09. The molecular weight excluding hydrogens is 380 g/mol. The second kappa shape index (κ2) is 9.49. The fourth-order valence-corrected chi connectivity index (χ4v) is 5.46. The molecule has 0 N–H and O–H groups in total. The summed E-state index contributed by atoms with van der Waals surface area (Å²) in [5, 5.41) is 3.98. The van der Waals surface area contributed by atoms with Gasteiger partial charge in [0.2, 0.25) is 0 Å². The predicted octanol–water partition coefficient (Wildman–Crippen LogP) is 7.41. The summed E-state index contributed by atoms with van der Waals surface area (Å²) in [4.78, 5) is 14.1. The van der Waals surface area contributed by atoms with Crippen LogP contribution in [-0.2, 0) is 25.7 Å². The number of fused-ring (bicyclic) bond motifs is 2. The molecule has 0 saturated heterocycles. The molecular formula is C25H28OS2. The Balaban J connectivity index is 0.000000211. The molecule has 146 valence electrons. The van der Waals surface area contributed by atoms with Crippen molar-refractivity contribution in [2.75, 3.05) is 0 Å². The van der Waals surface area contributed by atoms with Crippen molar-refractivity contribution >= 4 is 42.8 Å². The smallest absolute Gasteiger partial charge is 0.195 e. The van der Waals surface area contributed by atoms with Gasteiger partial charge in [0.1, 0.15) is 0 Å². The molecule has 0 aliphatic carbocycles. The molecule has 0 saturated carbocycles. The molecule has 0 aliphatic rings. The Morgan fingerprint density at radius 2 is 1.54 bits per heavy atom. The molecule has 0 atom stereocenters. The fourth-order valence-electron chi connectivity index (χ4n) is 3.31. The second-order valence-corrected chi connectivity index (χ2v) is 8.94. The molecule has 0 aliphatic heterocycles. The lowest BCUT2D eigenvalue weighted by Gasteiger charge is -2.08. The topological polar surface area (TPSA) is 17.1 Å². The molecule has 1 nitrogen and oxygen atoms in total. The van der Waals surface area contributed by atoms with Gasteiger partial charge < -0.3 is 0 Å². The van der Waals surface area contributed by atoms with E-state index >= 15 is 0 Å². The monoisotopic (exact) mass is 408 g/mol. The van der Waals surface area contributed by atoms with Gasteiger partial charge in [0, 0.05) is 25.0 Å². The van der Waals surface area contributed by atoms with Crippen LogP contribution in [-0.4, -0.2) is 0 Å². The molecule has 2 aromatic heterocycles. The van der Waals surface area contributed by atoms with E-state index in [0.717, 1.165) is 33.0 Å². The Labute approximate surface area is 175 Å². The van der Waals surface area contributed by atoms with Crippen molar-refractivity contribution in [1.82, 2.24) is 0 Å². The largest absolute Gasteiger partial charge is 0.289 e. The van der Waals surface area contributed by atoms with Gasteiger partial charge in [-0.25, -0.2) is 0 Å². The zero-order valence-electron chi connectivity index (χ0n) is 17.2. The van der Waals surface area contributed by atoms with Crippen molar-refractivity contribution in [2.45, 2.75) is 53.4 Å². The van der Waals surface area contributed by atoms with Gasteiger partial charge in [-0.3, -0.25) is 4.79 Å². The quantitative estimate of drug-likeness (QED) is 0.321. The van der Waals surface area contributed by atoms with E-state index in [1.54, 1.807) is 11.3 Å². The van der Waals surface area contributed by atoms with E-state index in [2.05, 4.69) is 51.3 Å². The molecule has 0 amide bonds. The first kappa shape index (κ1) is 20.8. The maximum absolute atomic E-state index is 12.6. The maximum atomic E-state index is 12.6. The van der Waals surface area contributed by atoms with Crippen molar-refractivity contribution in [3.8, 4) is 0 Å². The van der Waals surface area contributed by atoms with Crippen LogP contribution in [0.4, 0.5) is 0 Å². The van der Waals surface area contributed by atoms with Crippen LogP contribution in [0, 0.1) is 0 Å². The highest BCUT2D eigenvalue weighted by molar-refractivity contribution is 7.24. The lowest BCUT2D eigenvalue weighted by molar-refractivity contribution is 1.10. The molecule has 0 unspecified atom stereocenters. The summed E-state index contributed by atoms with van der Waals surface area (Å²) >= 11 is 3.61. The Bertz CT molecular complexity index is 1120. The molecule has 2 heterocycles. The van der Waals surface area contributed by atoms with E-state index in [-0.39, 0.29) is 5.43 Å². The van der Waals surface area contributed by atoms with Gasteiger partial charge in [-0.1, -0.05) is 45.9 Å². The van der Waals surface area contributed by atoms with Gasteiger partial charge in [-0.05, 0) is 72.0 Å². The van der Waals surface area contributed by atoms with E-state index in [9.17, 15) is 4.79 Å². The minimum absolute atomic E-state index is 0.175. The molecule has 2 aromatic carbocycles. The predicted molar refractivity (Wildman–Crippen MR) is 127 cm³/mol. The summed E-state index contributed by atoms with van der Waals surface area (Å²) in [6.45, 7) is 8.68. The summed E-state index contributed by atoms with van der Waals surface area (Å²) in [5.74, 6) is 0. The van der Waals surface area contributed by atoms with Crippen LogP contribution in [0.25, 0.3) is 20.2 Å². The lowest BCUT2D eigenvalue weighted by Crippen LogP contribution is -2.03. The summed E-state index contributed by atoms with van der Waals surface area (Å²) in [5.41, 5.74) is 4.21. The molecule has 0 fully saturated rings. The third-order valence-electron chi connectivity index (χ3n) is 5.07. The van der Waals surface area contributed by atoms with Crippen LogP contribution >= 0.6 is 22.7 Å². The number of rotatable bonds is 4. The Kier molecular flexibility index (Phi) is 7.03. The standard InChI is InChI=1S/C17H16OS.C8H12S/c1-3-11-9-12(4-2)17-14(10-11)16(18)13-7-5-6-8-15(13)19-17;1-3-7-5-8(4-2)9-6-7/h5-10H,3-4H2,1-2H3;5-6H,3-4H2,1-2H3. The van der Waals surface area contributed by atoms with E-state index in [4.69, 9.17) is 0 Å². The highest BCUT2D eigenvalue weighted by atomic mass is 32.1. The Morgan fingerprint density at radius 3 is 2.14 bits per heavy atom. The third-order valence-corrected chi connectivity index (χ3v) is 7.46. The van der Waals surface area contributed by atoms with Gasteiger partial charge >= 0.3 is 0 Å². The highest BCUT2D eigenvalue weighted by Crippen LogP contribution is 2.29. The number of thiophene rings is 1. The fraction of sp³-hybridized carbons (Fsp3) is 0.320. The van der Waals surface area contributed by atoms with Crippen LogP contribution < -0.4 is 5.43 Å². The third kappa shape index (κ3) is 4.37. The minimum Gasteiger partial charge on any atom is -0.289 e. The van der Waals surface area contributed by atoms with Crippen molar-refractivity contribution in [2.24, 2.45) is 0 Å². The van der Waals surface area contributed by atoms with Crippen LogP contribution in [0.2, 0.25) is 0 Å². The van der Waals surface area contributed by atoms with Gasteiger partial charge in [0.25, 0.3) is 0 Å². The van der Waals surface area contributed by atoms with E-state index < -0.39 is 0 Å². The zero-order chi connectivity index (χ0) is 20.1. The first-order valence-corrected chi connectivity index (χ1v) is 11.8. The van der Waals surface area contributed by atoms with E-state index in [1.165, 1.54) is 34.4 Å². The number of benzene rings is 2. The van der Waals surface area contributed by atoms with Gasteiger partial charge in [0.05, 0.1) is 0 Å². The lowest BCUT2D eigenvalue weighted by atomic mass is 10.0. The van der Waals surface area contributed by atoms with Crippen LogP contribution in [0.1, 0.15) is 49.3 Å². The molecule has 0 spiro atoms. The molecule has 28 heavy (non-hydrogen) atoms. The second-order valence-electron chi connectivity index (χ2n) is 6.89. The molecule has 4 rings (SSSR count). The van der Waals surface area contributed by atoms with Crippen molar-refractivity contribution in [1.29, 1.82) is 0 Å². The Hall–Kier alpha value is -1.97. The van der Waals surface area contributed by atoms with Crippen LogP contribution in [0.3, 0.4) is 0 Å². The zero-order valence-corrected chi connectivity index (χ0v) is 18.8. The molecule has 0 bridgehead atoms. The molecule has 4 aromatic rings. The normalized spacial score (nSPS) is 10.9. The average molecular weight is 409 g/mol. The van der Waals surface area contributed by atoms with Crippen LogP contribution in [0.5, 0.6) is 0 Å². The van der Waals surface area contributed by atoms with Gasteiger partial charge in [0.15, 0.2) is 5.43 Å². The van der Waals surface area contributed by atoms with E-state index in [0.29, 0.717) is 0 Å². The Morgan fingerprint density at radius 1 is 0.786 bits per heavy atom. The van der Waals surface area contributed by atoms with Gasteiger partial charge in [-0.15, -0.1) is 22.7 Å². The number of hydrogen-bond donors (Lipinski definition) is 0. The number of hydrogen-bond acceptors (Lipinski definition) is 3. The summed E-state index contributed by atoms with van der Waals surface area (Å²) < 4.78 is 2.24. The van der Waals surface area contributed by atoms with Crippen molar-refractivity contribution in [3.63, 3.8) is 0 Å². The summed E-state index contributed by atoms with van der Waals surface area (Å²) in [6.07, 6.45) is 4.31. The van der Waals surface area contributed by atoms with E-state index in [1.807, 2.05) is 35.6 Å². The molecule has 0 radical (unpaired) electrons. The summed E-state index contributed by atoms with van der Waals surface area (Å²) in [7, 11) is 0. The van der Waals surface area contributed by atoms with Gasteiger partial charge in [-0.2, -0.15) is 0 Å². The van der Waals surface area contributed by atoms with Crippen molar-refractivity contribution in [3.05, 3.63) is 79.6 Å². The summed E-state index contributed by atoms with van der Waals surface area (Å²) in [6, 6.07) is 14.5. The minimum atomic E-state index is 0.175. The maximum Gasteiger partial charge on any atom is 0.195 e. The van der Waals surface area contributed by atoms with Crippen molar-refractivity contribution < 1.29 is 0 Å². The average Bonchev–Trinajstić information content (AvgIpc) is 3.22.